The van der Waals surface area contributed by atoms with Gasteiger partial charge in [-0.15, -0.1) is 9.24 Å². The van der Waals surface area contributed by atoms with Crippen LogP contribution in [0.15, 0.2) is 18.2 Å². The Bertz CT molecular complexity index is 394. The second-order valence-corrected chi connectivity index (χ2v) is 5.94. The van der Waals surface area contributed by atoms with Gasteiger partial charge in [0, 0.05) is 10.4 Å². The molecule has 3 heteroatoms. The van der Waals surface area contributed by atoms with Crippen molar-refractivity contribution in [2.24, 2.45) is 0 Å². The van der Waals surface area contributed by atoms with Gasteiger partial charge in [-0.25, -0.2) is 0 Å². The van der Waals surface area contributed by atoms with E-state index < -0.39 is 0 Å². The largest absolute Gasteiger partial charge is 0.392 e. The van der Waals surface area contributed by atoms with Crippen molar-refractivity contribution in [1.29, 1.82) is 0 Å². The zero-order chi connectivity index (χ0) is 11.8. The average molecular weight is 257 g/mol. The minimum atomic E-state index is -0.230. The van der Waals surface area contributed by atoms with Crippen LogP contribution in [0.25, 0.3) is 0 Å². The third kappa shape index (κ3) is 2.14. The average Bonchev–Trinajstić information content (AvgIpc) is 2.26. The molecule has 2 rings (SSSR count). The molecule has 0 radical (unpaired) electrons. The zero-order valence-electron chi connectivity index (χ0n) is 9.54. The van der Waals surface area contributed by atoms with Crippen LogP contribution in [0.1, 0.15) is 38.2 Å². The maximum absolute atomic E-state index is 10.2. The van der Waals surface area contributed by atoms with E-state index in [2.05, 4.69) is 22.2 Å². The molecule has 1 aromatic carbocycles. The molecule has 1 saturated carbocycles. The number of aliphatic hydroxyl groups is 1. The molecule has 1 aliphatic rings. The molecule has 0 saturated heterocycles. The predicted octanol–water partition coefficient (Wildman–Crippen LogP) is 3.03. The molecule has 0 spiro atoms. The lowest BCUT2D eigenvalue weighted by Crippen LogP contribution is -2.39. The Morgan fingerprint density at radius 1 is 1.44 bits per heavy atom. The molecule has 0 bridgehead atoms. The Morgan fingerprint density at radius 3 is 2.81 bits per heavy atom. The minimum absolute atomic E-state index is 0.103. The summed E-state index contributed by atoms with van der Waals surface area (Å²) >= 11 is 6.02. The molecule has 3 unspecified atom stereocenters. The zero-order valence-corrected chi connectivity index (χ0v) is 11.5. The van der Waals surface area contributed by atoms with Crippen molar-refractivity contribution in [3.05, 3.63) is 28.8 Å². The van der Waals surface area contributed by atoms with Gasteiger partial charge in [0.25, 0.3) is 0 Å². The second-order valence-electron chi connectivity index (χ2n) is 4.92. The number of hydrogen-bond donors (Lipinski definition) is 1. The first kappa shape index (κ1) is 12.4. The van der Waals surface area contributed by atoms with Crippen molar-refractivity contribution < 1.29 is 5.11 Å². The Morgan fingerprint density at radius 2 is 2.19 bits per heavy atom. The van der Waals surface area contributed by atoms with Crippen LogP contribution < -0.4 is 5.30 Å². The smallest absolute Gasteiger partial charge is 0.0634 e. The molecule has 3 atom stereocenters. The molecule has 88 valence electrons. The third-order valence-corrected chi connectivity index (χ3v) is 4.82. The first-order chi connectivity index (χ1) is 7.54. The van der Waals surface area contributed by atoms with E-state index in [1.165, 1.54) is 12.0 Å². The van der Waals surface area contributed by atoms with Crippen LogP contribution in [-0.4, -0.2) is 11.2 Å². The van der Waals surface area contributed by atoms with Crippen LogP contribution in [0.5, 0.6) is 0 Å². The van der Waals surface area contributed by atoms with Crippen molar-refractivity contribution in [3.8, 4) is 0 Å². The molecular formula is C13H18ClOP. The fourth-order valence-electron chi connectivity index (χ4n) is 2.55. The van der Waals surface area contributed by atoms with Crippen molar-refractivity contribution in [3.63, 3.8) is 0 Å². The highest BCUT2D eigenvalue weighted by atomic mass is 35.5. The van der Waals surface area contributed by atoms with Gasteiger partial charge in [0.15, 0.2) is 0 Å². The highest BCUT2D eigenvalue weighted by Gasteiger charge is 2.36. The number of benzene rings is 1. The van der Waals surface area contributed by atoms with E-state index in [9.17, 15) is 5.11 Å². The molecule has 1 aromatic rings. The van der Waals surface area contributed by atoms with E-state index in [0.717, 1.165) is 29.6 Å². The molecule has 0 amide bonds. The Kier molecular flexibility index (Phi) is 3.59. The summed E-state index contributed by atoms with van der Waals surface area (Å²) in [4.78, 5) is 0. The summed E-state index contributed by atoms with van der Waals surface area (Å²) in [6.07, 6.45) is 4.07. The first-order valence-corrected chi connectivity index (χ1v) is 6.73. The van der Waals surface area contributed by atoms with E-state index in [4.69, 9.17) is 11.6 Å². The fourth-order valence-corrected chi connectivity index (χ4v) is 2.94. The lowest BCUT2D eigenvalue weighted by Gasteiger charge is -2.39. The van der Waals surface area contributed by atoms with Crippen LogP contribution in [0.2, 0.25) is 5.02 Å². The monoisotopic (exact) mass is 256 g/mol. The fraction of sp³-hybridized carbons (Fsp3) is 0.538. The van der Waals surface area contributed by atoms with E-state index in [-0.39, 0.29) is 11.5 Å². The highest BCUT2D eigenvalue weighted by molar-refractivity contribution is 7.28. The van der Waals surface area contributed by atoms with Gasteiger partial charge in [0.2, 0.25) is 0 Å². The van der Waals surface area contributed by atoms with E-state index in [1.807, 2.05) is 12.1 Å². The van der Waals surface area contributed by atoms with E-state index in [0.29, 0.717) is 0 Å². The molecular weight excluding hydrogens is 239 g/mol. The normalized spacial score (nSPS) is 30.4. The van der Waals surface area contributed by atoms with Crippen LogP contribution in [0.3, 0.4) is 0 Å². The number of hydrogen-bond acceptors (Lipinski definition) is 1. The number of halogens is 1. The molecule has 1 aliphatic carbocycles. The molecule has 0 aromatic heterocycles. The SMILES string of the molecule is CC1(c2ccc(Cl)c(P)c2)CCCCC1O. The van der Waals surface area contributed by atoms with Crippen molar-refractivity contribution in [2.75, 3.05) is 0 Å². The van der Waals surface area contributed by atoms with Crippen molar-refractivity contribution in [2.45, 2.75) is 44.1 Å². The quantitative estimate of drug-likeness (QED) is 0.766. The Balaban J connectivity index is 2.37. The summed E-state index contributed by atoms with van der Waals surface area (Å²) in [7, 11) is 2.65. The lowest BCUT2D eigenvalue weighted by molar-refractivity contribution is 0.0521. The van der Waals surface area contributed by atoms with Gasteiger partial charge in [0.1, 0.15) is 0 Å². The molecule has 1 N–H and O–H groups in total. The summed E-state index contributed by atoms with van der Waals surface area (Å²) < 4.78 is 0. The Labute approximate surface area is 104 Å². The summed E-state index contributed by atoms with van der Waals surface area (Å²) in [5.41, 5.74) is 1.10. The standard InChI is InChI=1S/C13H18ClOP/c1-13(7-3-2-4-12(13)15)9-5-6-10(14)11(16)8-9/h5-6,8,12,15H,2-4,7,16H2,1H3. The minimum Gasteiger partial charge on any atom is -0.392 e. The predicted molar refractivity (Wildman–Crippen MR) is 72.6 cm³/mol. The number of rotatable bonds is 1. The topological polar surface area (TPSA) is 20.2 Å². The van der Waals surface area contributed by atoms with Gasteiger partial charge in [-0.1, -0.05) is 37.4 Å². The molecule has 1 nitrogen and oxygen atoms in total. The van der Waals surface area contributed by atoms with Gasteiger partial charge in [-0.3, -0.25) is 0 Å². The maximum atomic E-state index is 10.2. The maximum Gasteiger partial charge on any atom is 0.0634 e. The van der Waals surface area contributed by atoms with Crippen LogP contribution in [-0.2, 0) is 5.41 Å². The van der Waals surface area contributed by atoms with Crippen LogP contribution in [0, 0.1) is 0 Å². The van der Waals surface area contributed by atoms with Crippen molar-refractivity contribution >= 4 is 26.1 Å². The lowest BCUT2D eigenvalue weighted by atomic mass is 9.69. The van der Waals surface area contributed by atoms with Gasteiger partial charge < -0.3 is 5.11 Å². The van der Waals surface area contributed by atoms with Crippen LogP contribution in [0.4, 0.5) is 0 Å². The van der Waals surface area contributed by atoms with Crippen LogP contribution >= 0.6 is 20.8 Å². The summed E-state index contributed by atoms with van der Waals surface area (Å²) in [5, 5.41) is 12.0. The van der Waals surface area contributed by atoms with Gasteiger partial charge in [-0.2, -0.15) is 0 Å². The van der Waals surface area contributed by atoms with E-state index >= 15 is 0 Å². The molecule has 0 heterocycles. The molecule has 16 heavy (non-hydrogen) atoms. The highest BCUT2D eigenvalue weighted by Crippen LogP contribution is 2.39. The first-order valence-electron chi connectivity index (χ1n) is 5.77. The summed E-state index contributed by atoms with van der Waals surface area (Å²) in [6, 6.07) is 6.05. The number of aliphatic hydroxyl groups excluding tert-OH is 1. The molecule has 0 aliphatic heterocycles. The molecule has 1 fully saturated rings. The second kappa shape index (κ2) is 4.64. The summed E-state index contributed by atoms with van der Waals surface area (Å²) in [6.45, 7) is 2.16. The van der Waals surface area contributed by atoms with Gasteiger partial charge >= 0.3 is 0 Å². The van der Waals surface area contributed by atoms with E-state index in [1.54, 1.807) is 0 Å². The van der Waals surface area contributed by atoms with Crippen molar-refractivity contribution in [1.82, 2.24) is 0 Å². The van der Waals surface area contributed by atoms with Gasteiger partial charge in [-0.05, 0) is 35.8 Å². The third-order valence-electron chi connectivity index (χ3n) is 3.81. The summed E-state index contributed by atoms with van der Waals surface area (Å²) in [5.74, 6) is 0. The Hall–Kier alpha value is -0.100. The van der Waals surface area contributed by atoms with Gasteiger partial charge in [0.05, 0.1) is 6.10 Å².